The van der Waals surface area contributed by atoms with Crippen LogP contribution in [0.2, 0.25) is 0 Å². The van der Waals surface area contributed by atoms with E-state index in [1.807, 2.05) is 36.4 Å². The van der Waals surface area contributed by atoms with Gasteiger partial charge in [0.15, 0.2) is 0 Å². The van der Waals surface area contributed by atoms with Crippen LogP contribution in [-0.2, 0) is 0 Å². The molecule has 188 valence electrons. The zero-order valence-electron chi connectivity index (χ0n) is 22.0. The van der Waals surface area contributed by atoms with E-state index in [0.29, 0.717) is 11.1 Å². The van der Waals surface area contributed by atoms with E-state index in [9.17, 15) is 10.5 Å². The molecule has 3 heteroatoms. The van der Waals surface area contributed by atoms with Crippen molar-refractivity contribution >= 4 is 38.1 Å². The smallest absolute Gasteiger partial charge is 0.0992 e. The zero-order valence-corrected chi connectivity index (χ0v) is 22.0. The fourth-order valence-corrected chi connectivity index (χ4v) is 6.24. The summed E-state index contributed by atoms with van der Waals surface area (Å²) in [4.78, 5) is 0. The van der Waals surface area contributed by atoms with E-state index in [1.54, 1.807) is 0 Å². The summed E-state index contributed by atoms with van der Waals surface area (Å²) in [5, 5.41) is 23.8. The monoisotopic (exact) mass is 519 g/mol. The van der Waals surface area contributed by atoms with Crippen molar-refractivity contribution in [1.29, 1.82) is 10.5 Å². The molecule has 0 radical (unpaired) electrons. The molecule has 2 heterocycles. The number of rotatable bonds is 3. The minimum absolute atomic E-state index is 0.617. The highest BCUT2D eigenvalue weighted by Crippen LogP contribution is 2.43. The summed E-state index contributed by atoms with van der Waals surface area (Å²) >= 11 is 0. The lowest BCUT2D eigenvalue weighted by molar-refractivity contribution is 1.36. The second-order valence-electron chi connectivity index (χ2n) is 10.5. The summed E-state index contributed by atoms with van der Waals surface area (Å²) < 4.78 is 2.22. The van der Waals surface area contributed by atoms with E-state index in [4.69, 9.17) is 0 Å². The Morgan fingerprint density at radius 3 is 1.24 bits per heavy atom. The molecule has 0 atom stereocenters. The lowest BCUT2D eigenvalue weighted by Crippen LogP contribution is -1.86. The van der Waals surface area contributed by atoms with E-state index < -0.39 is 0 Å². The molecule has 3 nitrogen and oxygen atoms in total. The van der Waals surface area contributed by atoms with Crippen molar-refractivity contribution in [2.24, 2.45) is 0 Å². The molecule has 6 aromatic carbocycles. The zero-order chi connectivity index (χ0) is 27.5. The van der Waals surface area contributed by atoms with E-state index in [0.717, 1.165) is 49.2 Å². The molecule has 0 aliphatic heterocycles. The van der Waals surface area contributed by atoms with Gasteiger partial charge < -0.3 is 4.40 Å². The Morgan fingerprint density at radius 1 is 0.390 bits per heavy atom. The van der Waals surface area contributed by atoms with Crippen LogP contribution in [-0.4, -0.2) is 4.40 Å². The van der Waals surface area contributed by atoms with Crippen molar-refractivity contribution < 1.29 is 0 Å². The normalized spacial score (nSPS) is 11.4. The summed E-state index contributed by atoms with van der Waals surface area (Å²) in [5.74, 6) is 0. The Hall–Kier alpha value is -5.90. The van der Waals surface area contributed by atoms with Crippen LogP contribution in [0, 0.1) is 22.7 Å². The van der Waals surface area contributed by atoms with Gasteiger partial charge in [-0.25, -0.2) is 0 Å². The molecule has 2 aromatic heterocycles. The summed E-state index contributed by atoms with van der Waals surface area (Å²) in [6.07, 6.45) is 0. The van der Waals surface area contributed by atoms with Crippen LogP contribution in [0.3, 0.4) is 0 Å². The maximum atomic E-state index is 9.66. The molecule has 0 N–H and O–H groups in total. The first-order chi connectivity index (χ1) is 20.2. The third-order valence-electron chi connectivity index (χ3n) is 8.13. The van der Waals surface area contributed by atoms with Crippen LogP contribution < -0.4 is 0 Å². The summed E-state index contributed by atoms with van der Waals surface area (Å²) in [7, 11) is 0. The molecule has 8 rings (SSSR count). The molecular formula is C38H21N3. The molecule has 8 aromatic rings. The van der Waals surface area contributed by atoms with Gasteiger partial charge in [0.1, 0.15) is 0 Å². The predicted molar refractivity (Wildman–Crippen MR) is 167 cm³/mol. The second kappa shape index (κ2) is 8.82. The topological polar surface area (TPSA) is 52.0 Å². The van der Waals surface area contributed by atoms with Gasteiger partial charge in [0.2, 0.25) is 0 Å². The van der Waals surface area contributed by atoms with Crippen LogP contribution >= 0.6 is 0 Å². The summed E-state index contributed by atoms with van der Waals surface area (Å²) in [5.41, 5.74) is 11.3. The minimum Gasteiger partial charge on any atom is -0.308 e. The first kappa shape index (κ1) is 23.0. The summed E-state index contributed by atoms with van der Waals surface area (Å²) in [6.45, 7) is 0. The van der Waals surface area contributed by atoms with Gasteiger partial charge >= 0.3 is 0 Å². The number of nitriles is 2. The Labute approximate surface area is 236 Å². The lowest BCUT2D eigenvalue weighted by Gasteiger charge is -2.12. The molecule has 0 fully saturated rings. The molecule has 0 unspecified atom stereocenters. The minimum atomic E-state index is 0.617. The molecule has 0 saturated heterocycles. The quantitative estimate of drug-likeness (QED) is 0.233. The average molecular weight is 520 g/mol. The van der Waals surface area contributed by atoms with Gasteiger partial charge in [-0.1, -0.05) is 72.8 Å². The maximum absolute atomic E-state index is 9.66. The van der Waals surface area contributed by atoms with Crippen LogP contribution in [0.4, 0.5) is 0 Å². The third kappa shape index (κ3) is 3.51. The number of aromatic nitrogens is 1. The lowest BCUT2D eigenvalue weighted by atomic mass is 9.92. The van der Waals surface area contributed by atoms with Crippen molar-refractivity contribution in [3.8, 4) is 45.5 Å². The molecule has 0 spiro atoms. The van der Waals surface area contributed by atoms with E-state index in [1.165, 1.54) is 22.3 Å². The van der Waals surface area contributed by atoms with Crippen molar-refractivity contribution in [2.45, 2.75) is 0 Å². The largest absolute Gasteiger partial charge is 0.308 e. The molecule has 0 aliphatic carbocycles. The van der Waals surface area contributed by atoms with Crippen molar-refractivity contribution in [3.05, 3.63) is 139 Å². The Balaban J connectivity index is 1.48. The molecular weight excluding hydrogens is 498 g/mol. The number of fused-ring (bicyclic) bond motifs is 6. The van der Waals surface area contributed by atoms with E-state index >= 15 is 0 Å². The second-order valence-corrected chi connectivity index (χ2v) is 10.5. The Bertz CT molecular complexity index is 2210. The van der Waals surface area contributed by atoms with Crippen molar-refractivity contribution in [2.75, 3.05) is 0 Å². The number of benzene rings is 6. The SMILES string of the molecule is N#Cc1ccc2c3cc(-c4cc(-c5ccccc5)cc(-c5ccccc5)c4)cc4c5ccc(C#N)cc5n(c2c1)c34. The van der Waals surface area contributed by atoms with Gasteiger partial charge in [0.05, 0.1) is 39.8 Å². The number of hydrogen-bond acceptors (Lipinski definition) is 2. The van der Waals surface area contributed by atoms with Crippen LogP contribution in [0.1, 0.15) is 11.1 Å². The van der Waals surface area contributed by atoms with Crippen molar-refractivity contribution in [3.63, 3.8) is 0 Å². The van der Waals surface area contributed by atoms with Gasteiger partial charge in [0, 0.05) is 21.5 Å². The van der Waals surface area contributed by atoms with Gasteiger partial charge in [-0.05, 0) is 88.0 Å². The highest BCUT2D eigenvalue weighted by molar-refractivity contribution is 6.24. The highest BCUT2D eigenvalue weighted by atomic mass is 14.9. The fraction of sp³-hybridized carbons (Fsp3) is 0. The number of nitrogens with zero attached hydrogens (tertiary/aromatic N) is 3. The molecule has 0 saturated carbocycles. The molecule has 41 heavy (non-hydrogen) atoms. The fourth-order valence-electron chi connectivity index (χ4n) is 6.24. The first-order valence-corrected chi connectivity index (χ1v) is 13.6. The van der Waals surface area contributed by atoms with E-state index in [-0.39, 0.29) is 0 Å². The first-order valence-electron chi connectivity index (χ1n) is 13.6. The predicted octanol–water partition coefficient (Wildman–Crippen LogP) is 9.58. The molecule has 0 bridgehead atoms. The van der Waals surface area contributed by atoms with Gasteiger partial charge in [-0.3, -0.25) is 0 Å². The van der Waals surface area contributed by atoms with Crippen LogP contribution in [0.25, 0.3) is 71.5 Å². The van der Waals surface area contributed by atoms with Crippen LogP contribution in [0.15, 0.2) is 127 Å². The van der Waals surface area contributed by atoms with Gasteiger partial charge in [-0.2, -0.15) is 10.5 Å². The number of hydrogen-bond donors (Lipinski definition) is 0. The van der Waals surface area contributed by atoms with E-state index in [2.05, 4.69) is 108 Å². The Morgan fingerprint density at radius 2 is 0.805 bits per heavy atom. The standard InChI is InChI=1S/C38H21N3/c39-22-24-11-13-32-34-20-31(21-35-33-14-12-25(23-40)16-37(33)41(38(34)35)36(32)15-24)30-18-28(26-7-3-1-4-8-26)17-29(19-30)27-9-5-2-6-10-27/h1-21H. The van der Waals surface area contributed by atoms with Gasteiger partial charge in [0.25, 0.3) is 0 Å². The van der Waals surface area contributed by atoms with Crippen molar-refractivity contribution in [1.82, 2.24) is 4.40 Å². The summed E-state index contributed by atoms with van der Waals surface area (Å²) in [6, 6.07) is 48.7. The third-order valence-corrected chi connectivity index (χ3v) is 8.13. The molecule has 0 aliphatic rings. The molecule has 0 amide bonds. The Kier molecular flexibility index (Phi) is 4.95. The highest BCUT2D eigenvalue weighted by Gasteiger charge is 2.20. The van der Waals surface area contributed by atoms with Gasteiger partial charge in [-0.15, -0.1) is 0 Å². The average Bonchev–Trinajstić information content (AvgIpc) is 3.56. The van der Waals surface area contributed by atoms with Crippen LogP contribution in [0.5, 0.6) is 0 Å². The maximum Gasteiger partial charge on any atom is 0.0992 e.